The molecule has 1 atom stereocenters. The van der Waals surface area contributed by atoms with E-state index in [-0.39, 0.29) is 10.7 Å². The van der Waals surface area contributed by atoms with Crippen LogP contribution in [0.15, 0.2) is 42.6 Å². The summed E-state index contributed by atoms with van der Waals surface area (Å²) in [4.78, 5) is 27.4. The number of nitrogens with one attached hydrogen (secondary N) is 2. The molecule has 0 aliphatic rings. The molecule has 6 nitrogen and oxygen atoms in total. The van der Waals surface area contributed by atoms with Crippen LogP contribution in [0.2, 0.25) is 5.15 Å². The molecule has 0 unspecified atom stereocenters. The smallest absolute Gasteiger partial charge is 0.279 e. The number of amides is 2. The van der Waals surface area contributed by atoms with E-state index in [0.29, 0.717) is 5.75 Å². The van der Waals surface area contributed by atoms with Gasteiger partial charge in [0.15, 0.2) is 6.10 Å². The molecular weight excluding hydrogens is 325 g/mol. The van der Waals surface area contributed by atoms with E-state index >= 15 is 0 Å². The molecule has 0 spiro atoms. The fourth-order valence-corrected chi connectivity index (χ4v) is 1.68. The summed E-state index contributed by atoms with van der Waals surface area (Å²) >= 11 is 5.62. The van der Waals surface area contributed by atoms with Crippen molar-refractivity contribution in [3.05, 3.63) is 59.1 Å². The van der Waals surface area contributed by atoms with Gasteiger partial charge in [-0.2, -0.15) is 0 Å². The molecule has 0 radical (unpaired) electrons. The number of halogens is 2. The zero-order valence-electron chi connectivity index (χ0n) is 12.0. The van der Waals surface area contributed by atoms with Crippen LogP contribution in [-0.2, 0) is 4.79 Å². The van der Waals surface area contributed by atoms with Gasteiger partial charge in [0, 0.05) is 6.20 Å². The monoisotopic (exact) mass is 337 g/mol. The van der Waals surface area contributed by atoms with E-state index in [4.69, 9.17) is 16.3 Å². The Kier molecular flexibility index (Phi) is 5.48. The van der Waals surface area contributed by atoms with Crippen molar-refractivity contribution >= 4 is 23.4 Å². The molecule has 1 aromatic heterocycles. The lowest BCUT2D eigenvalue weighted by Crippen LogP contribution is -2.47. The van der Waals surface area contributed by atoms with Crippen molar-refractivity contribution in [2.24, 2.45) is 0 Å². The van der Waals surface area contributed by atoms with Gasteiger partial charge in [0.1, 0.15) is 16.7 Å². The number of benzene rings is 1. The summed E-state index contributed by atoms with van der Waals surface area (Å²) in [7, 11) is 0. The number of hydrogen-bond acceptors (Lipinski definition) is 4. The second-order valence-corrected chi connectivity index (χ2v) is 4.91. The fraction of sp³-hybridized carbons (Fsp3) is 0.133. The van der Waals surface area contributed by atoms with Gasteiger partial charge in [-0.1, -0.05) is 11.6 Å². The molecule has 2 amide bonds. The summed E-state index contributed by atoms with van der Waals surface area (Å²) in [5.74, 6) is -1.18. The van der Waals surface area contributed by atoms with Crippen LogP contribution in [-0.4, -0.2) is 22.9 Å². The lowest BCUT2D eigenvalue weighted by molar-refractivity contribution is -0.128. The van der Waals surface area contributed by atoms with Crippen molar-refractivity contribution in [3.8, 4) is 5.75 Å². The highest BCUT2D eigenvalue weighted by Crippen LogP contribution is 2.12. The van der Waals surface area contributed by atoms with Gasteiger partial charge in [0.05, 0.1) is 5.56 Å². The van der Waals surface area contributed by atoms with E-state index in [1.54, 1.807) is 0 Å². The van der Waals surface area contributed by atoms with Crippen LogP contribution in [0.25, 0.3) is 0 Å². The Morgan fingerprint density at radius 3 is 2.48 bits per heavy atom. The Labute approximate surface area is 136 Å². The average Bonchev–Trinajstić information content (AvgIpc) is 2.55. The third-order valence-electron chi connectivity index (χ3n) is 2.78. The van der Waals surface area contributed by atoms with Gasteiger partial charge in [-0.15, -0.1) is 0 Å². The average molecular weight is 338 g/mol. The van der Waals surface area contributed by atoms with Crippen LogP contribution >= 0.6 is 11.6 Å². The molecule has 1 aromatic carbocycles. The molecule has 2 aromatic rings. The Morgan fingerprint density at radius 1 is 1.17 bits per heavy atom. The molecule has 0 saturated carbocycles. The maximum atomic E-state index is 12.8. The number of carbonyl (C=O) groups excluding carboxylic acids is 2. The van der Waals surface area contributed by atoms with Crippen LogP contribution in [0.4, 0.5) is 4.39 Å². The first-order valence-electron chi connectivity index (χ1n) is 6.59. The Bertz CT molecular complexity index is 692. The van der Waals surface area contributed by atoms with Crippen molar-refractivity contribution in [2.45, 2.75) is 13.0 Å². The molecule has 2 N–H and O–H groups in total. The Hall–Kier alpha value is -2.67. The first-order valence-corrected chi connectivity index (χ1v) is 6.97. The molecular formula is C15H13ClFN3O3. The van der Waals surface area contributed by atoms with Crippen molar-refractivity contribution < 1.29 is 18.7 Å². The van der Waals surface area contributed by atoms with E-state index in [1.165, 1.54) is 49.5 Å². The van der Waals surface area contributed by atoms with E-state index in [2.05, 4.69) is 15.8 Å². The van der Waals surface area contributed by atoms with Gasteiger partial charge in [-0.3, -0.25) is 20.4 Å². The number of rotatable bonds is 4. The molecule has 0 bridgehead atoms. The highest BCUT2D eigenvalue weighted by atomic mass is 35.5. The number of aromatic nitrogens is 1. The minimum atomic E-state index is -0.885. The quantitative estimate of drug-likeness (QED) is 0.661. The summed E-state index contributed by atoms with van der Waals surface area (Å²) in [6.07, 6.45) is 0.395. The van der Waals surface area contributed by atoms with Crippen LogP contribution in [0, 0.1) is 5.82 Å². The second-order valence-electron chi connectivity index (χ2n) is 4.53. The number of hydrazine groups is 1. The van der Waals surface area contributed by atoms with Gasteiger partial charge in [0.25, 0.3) is 11.8 Å². The van der Waals surface area contributed by atoms with Crippen LogP contribution < -0.4 is 15.6 Å². The highest BCUT2D eigenvalue weighted by molar-refractivity contribution is 6.29. The van der Waals surface area contributed by atoms with E-state index in [9.17, 15) is 14.0 Å². The van der Waals surface area contributed by atoms with Crippen molar-refractivity contribution in [1.29, 1.82) is 0 Å². The minimum Gasteiger partial charge on any atom is -0.481 e. The van der Waals surface area contributed by atoms with E-state index in [1.807, 2.05) is 0 Å². The highest BCUT2D eigenvalue weighted by Gasteiger charge is 2.16. The van der Waals surface area contributed by atoms with Crippen LogP contribution in [0.5, 0.6) is 5.75 Å². The third kappa shape index (κ3) is 4.93. The topological polar surface area (TPSA) is 80.3 Å². The Morgan fingerprint density at radius 2 is 1.87 bits per heavy atom. The van der Waals surface area contributed by atoms with Crippen LogP contribution in [0.1, 0.15) is 17.3 Å². The van der Waals surface area contributed by atoms with Gasteiger partial charge < -0.3 is 4.74 Å². The maximum Gasteiger partial charge on any atom is 0.279 e. The zero-order chi connectivity index (χ0) is 16.8. The second kappa shape index (κ2) is 7.55. The van der Waals surface area contributed by atoms with E-state index < -0.39 is 23.7 Å². The summed E-state index contributed by atoms with van der Waals surface area (Å²) in [6, 6.07) is 8.16. The van der Waals surface area contributed by atoms with E-state index in [0.717, 1.165) is 0 Å². The maximum absolute atomic E-state index is 12.8. The first kappa shape index (κ1) is 16.7. The third-order valence-corrected chi connectivity index (χ3v) is 3.01. The molecule has 23 heavy (non-hydrogen) atoms. The van der Waals surface area contributed by atoms with Gasteiger partial charge in [-0.05, 0) is 43.3 Å². The number of carbonyl (C=O) groups is 2. The lowest BCUT2D eigenvalue weighted by atomic mass is 10.3. The molecule has 2 rings (SSSR count). The standard InChI is InChI=1S/C15H13ClFN3O3/c1-9(23-12-5-3-11(17)4-6-12)14(21)19-20-15(22)10-2-7-13(16)18-8-10/h2-9H,1H3,(H,19,21)(H,20,22)/t9-/m1/s1. The lowest BCUT2D eigenvalue weighted by Gasteiger charge is -2.15. The van der Waals surface area contributed by atoms with Gasteiger partial charge in [0.2, 0.25) is 0 Å². The van der Waals surface area contributed by atoms with Crippen LogP contribution in [0.3, 0.4) is 0 Å². The number of ether oxygens (including phenoxy) is 1. The number of pyridine rings is 1. The number of hydrogen-bond donors (Lipinski definition) is 2. The molecule has 0 aliphatic heterocycles. The molecule has 8 heteroatoms. The largest absolute Gasteiger partial charge is 0.481 e. The summed E-state index contributed by atoms with van der Waals surface area (Å²) in [5.41, 5.74) is 4.70. The van der Waals surface area contributed by atoms with Crippen molar-refractivity contribution in [2.75, 3.05) is 0 Å². The number of nitrogens with zero attached hydrogens (tertiary/aromatic N) is 1. The summed E-state index contributed by atoms with van der Waals surface area (Å²) in [5, 5.41) is 0.256. The van der Waals surface area contributed by atoms with Crippen molar-refractivity contribution in [3.63, 3.8) is 0 Å². The first-order chi connectivity index (χ1) is 11.0. The Balaban J connectivity index is 1.84. The van der Waals surface area contributed by atoms with Gasteiger partial charge >= 0.3 is 0 Å². The summed E-state index contributed by atoms with van der Waals surface area (Å²) < 4.78 is 18.1. The molecule has 0 fully saturated rings. The predicted octanol–water partition coefficient (Wildman–Crippen LogP) is 2.10. The molecule has 120 valence electrons. The molecule has 1 heterocycles. The normalized spacial score (nSPS) is 11.4. The zero-order valence-corrected chi connectivity index (χ0v) is 12.8. The van der Waals surface area contributed by atoms with Crippen molar-refractivity contribution in [1.82, 2.24) is 15.8 Å². The summed E-state index contributed by atoms with van der Waals surface area (Å²) in [6.45, 7) is 1.49. The molecule has 0 saturated heterocycles. The predicted molar refractivity (Wildman–Crippen MR) is 81.3 cm³/mol. The minimum absolute atomic E-state index is 0.238. The fourth-order valence-electron chi connectivity index (χ4n) is 1.57. The SMILES string of the molecule is C[C@@H](Oc1ccc(F)cc1)C(=O)NNC(=O)c1ccc(Cl)nc1. The molecule has 0 aliphatic carbocycles. The van der Waals surface area contributed by atoms with Gasteiger partial charge in [-0.25, -0.2) is 9.37 Å².